The van der Waals surface area contributed by atoms with E-state index < -0.39 is 18.2 Å². The third-order valence-corrected chi connectivity index (χ3v) is 3.96. The second kappa shape index (κ2) is 8.27. The first-order valence-corrected chi connectivity index (χ1v) is 8.72. The Labute approximate surface area is 168 Å². The number of halogens is 3. The number of benzene rings is 2. The molecule has 1 amide bonds. The van der Waals surface area contributed by atoms with Gasteiger partial charge in [-0.05, 0) is 30.7 Å². The van der Waals surface area contributed by atoms with E-state index in [0.29, 0.717) is 11.3 Å². The molecule has 0 radical (unpaired) electrons. The Kier molecular flexibility index (Phi) is 5.77. The van der Waals surface area contributed by atoms with Crippen molar-refractivity contribution in [1.82, 2.24) is 9.78 Å². The minimum absolute atomic E-state index is 0.0879. The summed E-state index contributed by atoms with van der Waals surface area (Å²) < 4.78 is 48.3. The molecule has 0 bridgehead atoms. The van der Waals surface area contributed by atoms with Crippen LogP contribution in [0.1, 0.15) is 27.9 Å². The van der Waals surface area contributed by atoms with Crippen LogP contribution in [0.25, 0.3) is 16.8 Å². The summed E-state index contributed by atoms with van der Waals surface area (Å²) in [5, 5.41) is 4.07. The lowest BCUT2D eigenvalue weighted by atomic mass is 10.0. The van der Waals surface area contributed by atoms with E-state index >= 15 is 0 Å². The molecule has 1 aromatic heterocycles. The summed E-state index contributed by atoms with van der Waals surface area (Å²) in [5.74, 6) is -1.96. The molecular formula is C20H16F3N3O4. The van der Waals surface area contributed by atoms with Crippen molar-refractivity contribution in [3.05, 3.63) is 66.0 Å². The third-order valence-electron chi connectivity index (χ3n) is 3.96. The maximum atomic E-state index is 12.7. The van der Waals surface area contributed by atoms with E-state index in [1.54, 1.807) is 31.2 Å². The number of carbonyl (C=O) groups excluding carboxylic acids is 2. The van der Waals surface area contributed by atoms with Gasteiger partial charge in [-0.1, -0.05) is 30.3 Å². The van der Waals surface area contributed by atoms with Gasteiger partial charge in [0.25, 0.3) is 5.91 Å². The number of esters is 1. The molecule has 0 unspecified atom stereocenters. The number of ether oxygens (including phenoxy) is 2. The number of primary amides is 1. The van der Waals surface area contributed by atoms with Crippen LogP contribution >= 0.6 is 0 Å². The molecule has 30 heavy (non-hydrogen) atoms. The first-order chi connectivity index (χ1) is 14.2. The van der Waals surface area contributed by atoms with E-state index in [9.17, 15) is 22.8 Å². The van der Waals surface area contributed by atoms with Crippen LogP contribution in [0.5, 0.6) is 5.75 Å². The van der Waals surface area contributed by atoms with Crippen molar-refractivity contribution in [3.8, 4) is 22.6 Å². The number of hydrogen-bond acceptors (Lipinski definition) is 5. The van der Waals surface area contributed by atoms with Crippen molar-refractivity contribution in [2.75, 3.05) is 6.61 Å². The molecule has 0 aliphatic carbocycles. The highest BCUT2D eigenvalue weighted by molar-refractivity contribution is 5.95. The second-order valence-electron chi connectivity index (χ2n) is 6.01. The fourth-order valence-corrected chi connectivity index (χ4v) is 2.78. The second-order valence-corrected chi connectivity index (χ2v) is 6.01. The van der Waals surface area contributed by atoms with E-state index in [2.05, 4.69) is 9.84 Å². The van der Waals surface area contributed by atoms with Gasteiger partial charge in [-0.25, -0.2) is 9.48 Å². The Hall–Kier alpha value is -3.82. The van der Waals surface area contributed by atoms with Gasteiger partial charge in [0.1, 0.15) is 11.4 Å². The average Bonchev–Trinajstić information content (AvgIpc) is 3.13. The van der Waals surface area contributed by atoms with Gasteiger partial charge >= 0.3 is 12.3 Å². The number of rotatable bonds is 6. The molecule has 2 N–H and O–H groups in total. The normalized spacial score (nSPS) is 11.2. The lowest BCUT2D eigenvalue weighted by Gasteiger charge is -2.14. The molecule has 0 saturated carbocycles. The van der Waals surface area contributed by atoms with Gasteiger partial charge in [0.15, 0.2) is 5.69 Å². The van der Waals surface area contributed by atoms with Crippen LogP contribution in [0.15, 0.2) is 54.6 Å². The van der Waals surface area contributed by atoms with Crippen LogP contribution in [0, 0.1) is 0 Å². The predicted octanol–water partition coefficient (Wildman–Crippen LogP) is 3.71. The van der Waals surface area contributed by atoms with Crippen molar-refractivity contribution in [2.45, 2.75) is 13.3 Å². The van der Waals surface area contributed by atoms with Crippen LogP contribution in [0.4, 0.5) is 13.2 Å². The molecule has 0 fully saturated rings. The van der Waals surface area contributed by atoms with Crippen molar-refractivity contribution in [1.29, 1.82) is 0 Å². The van der Waals surface area contributed by atoms with Gasteiger partial charge in [0, 0.05) is 11.6 Å². The van der Waals surface area contributed by atoms with Gasteiger partial charge in [-0.3, -0.25) is 4.79 Å². The zero-order valence-corrected chi connectivity index (χ0v) is 15.6. The van der Waals surface area contributed by atoms with E-state index in [4.69, 9.17) is 10.5 Å². The topological polar surface area (TPSA) is 96.4 Å². The van der Waals surface area contributed by atoms with E-state index in [1.807, 2.05) is 0 Å². The highest BCUT2D eigenvalue weighted by atomic mass is 19.4. The number of alkyl halides is 3. The molecule has 0 spiro atoms. The van der Waals surface area contributed by atoms with Crippen molar-refractivity contribution in [2.24, 2.45) is 5.73 Å². The van der Waals surface area contributed by atoms with Crippen LogP contribution in [-0.2, 0) is 4.74 Å². The number of amides is 1. The highest BCUT2D eigenvalue weighted by Crippen LogP contribution is 2.34. The maximum absolute atomic E-state index is 12.7. The van der Waals surface area contributed by atoms with Gasteiger partial charge < -0.3 is 15.2 Å². The molecule has 10 heteroatoms. The van der Waals surface area contributed by atoms with Crippen molar-refractivity contribution >= 4 is 11.9 Å². The van der Waals surface area contributed by atoms with Crippen LogP contribution in [0.3, 0.4) is 0 Å². The first kappa shape index (κ1) is 20.9. The Morgan fingerprint density at radius 2 is 1.83 bits per heavy atom. The monoisotopic (exact) mass is 419 g/mol. The lowest BCUT2D eigenvalue weighted by Crippen LogP contribution is -2.17. The minimum atomic E-state index is -4.86. The zero-order valence-electron chi connectivity index (χ0n) is 15.6. The zero-order chi connectivity index (χ0) is 21.9. The number of nitrogens with two attached hydrogens (primary N) is 1. The smallest absolute Gasteiger partial charge is 0.461 e. The molecule has 0 aliphatic heterocycles. The molecule has 3 rings (SSSR count). The van der Waals surface area contributed by atoms with Crippen LogP contribution in [0.2, 0.25) is 0 Å². The van der Waals surface area contributed by atoms with Gasteiger partial charge in [-0.15, -0.1) is 13.2 Å². The quantitative estimate of drug-likeness (QED) is 0.615. The van der Waals surface area contributed by atoms with Crippen molar-refractivity contribution < 1.29 is 32.2 Å². The minimum Gasteiger partial charge on any atom is -0.461 e. The standard InChI is InChI=1S/C20H16F3N3O4/c1-2-29-19(28)15-11-16(18(24)27)26(25-15)13-7-5-6-12(10-13)14-8-3-4-9-17(14)30-20(21,22)23/h3-11H,2H2,1H3,(H2,24,27). The number of hydrogen-bond donors (Lipinski definition) is 1. The highest BCUT2D eigenvalue weighted by Gasteiger charge is 2.32. The molecule has 2 aromatic carbocycles. The predicted molar refractivity (Wildman–Crippen MR) is 100 cm³/mol. The van der Waals surface area contributed by atoms with E-state index in [-0.39, 0.29) is 29.3 Å². The Morgan fingerprint density at radius 1 is 1.10 bits per heavy atom. The molecule has 3 aromatic rings. The van der Waals surface area contributed by atoms with Crippen molar-refractivity contribution in [3.63, 3.8) is 0 Å². The van der Waals surface area contributed by atoms with Crippen LogP contribution in [-0.4, -0.2) is 34.6 Å². The first-order valence-electron chi connectivity index (χ1n) is 8.72. The molecule has 156 valence electrons. The Bertz CT molecular complexity index is 1090. The lowest BCUT2D eigenvalue weighted by molar-refractivity contribution is -0.274. The molecule has 1 heterocycles. The van der Waals surface area contributed by atoms with Gasteiger partial charge in [0.2, 0.25) is 0 Å². The number of para-hydroxylation sites is 1. The molecule has 0 atom stereocenters. The summed E-state index contributed by atoms with van der Waals surface area (Å²) >= 11 is 0. The van der Waals surface area contributed by atoms with E-state index in [1.165, 1.54) is 30.3 Å². The van der Waals surface area contributed by atoms with E-state index in [0.717, 1.165) is 4.68 Å². The average molecular weight is 419 g/mol. The number of carbonyl (C=O) groups is 2. The summed E-state index contributed by atoms with van der Waals surface area (Å²) in [6.07, 6.45) is -4.86. The largest absolute Gasteiger partial charge is 0.573 e. The SMILES string of the molecule is CCOC(=O)c1cc(C(N)=O)n(-c2cccc(-c3ccccc3OC(F)(F)F)c2)n1. The third kappa shape index (κ3) is 4.59. The molecule has 0 aliphatic rings. The van der Waals surface area contributed by atoms with Gasteiger partial charge in [0.05, 0.1) is 12.3 Å². The summed E-state index contributed by atoms with van der Waals surface area (Å²) in [7, 11) is 0. The summed E-state index contributed by atoms with van der Waals surface area (Å²) in [4.78, 5) is 23.8. The van der Waals surface area contributed by atoms with Crippen LogP contribution < -0.4 is 10.5 Å². The fourth-order valence-electron chi connectivity index (χ4n) is 2.78. The molecular weight excluding hydrogens is 403 g/mol. The van der Waals surface area contributed by atoms with Gasteiger partial charge in [-0.2, -0.15) is 5.10 Å². The molecule has 0 saturated heterocycles. The summed E-state index contributed by atoms with van der Waals surface area (Å²) in [6.45, 7) is 1.73. The molecule has 7 nitrogen and oxygen atoms in total. The fraction of sp³-hybridized carbons (Fsp3) is 0.150. The Balaban J connectivity index is 2.08. The number of aromatic nitrogens is 2. The number of nitrogens with zero attached hydrogens (tertiary/aromatic N) is 2. The Morgan fingerprint density at radius 3 is 2.50 bits per heavy atom. The summed E-state index contributed by atoms with van der Waals surface area (Å²) in [5.41, 5.74) is 6.02. The maximum Gasteiger partial charge on any atom is 0.573 e. The summed E-state index contributed by atoms with van der Waals surface area (Å²) in [6, 6.07) is 13.0.